The minimum absolute atomic E-state index is 0.00477. The Balaban J connectivity index is 1.81. The van der Waals surface area contributed by atoms with Gasteiger partial charge in [0.15, 0.2) is 0 Å². The number of nitrogens with one attached hydrogen (secondary N) is 2. The molecule has 0 aromatic rings. The molecule has 1 unspecified atom stereocenters. The Morgan fingerprint density at radius 1 is 1.00 bits per heavy atom. The Bertz CT molecular complexity index is 990. The van der Waals surface area contributed by atoms with E-state index in [4.69, 9.17) is 9.47 Å². The number of carbonyl (C=O) groups is 4. The molecular formula is C28H50N4O8S. The summed E-state index contributed by atoms with van der Waals surface area (Å²) in [5, 5.41) is 2.69. The number of piperidine rings is 2. The Morgan fingerprint density at radius 2 is 1.68 bits per heavy atom. The minimum Gasteiger partial charge on any atom is -0.465 e. The molecule has 2 rings (SSSR count). The highest BCUT2D eigenvalue weighted by Crippen LogP contribution is 2.25. The van der Waals surface area contributed by atoms with E-state index in [1.807, 2.05) is 27.7 Å². The number of carbonyl (C=O) groups excluding carboxylic acids is 4. The molecule has 2 N–H and O–H groups in total. The number of esters is 1. The number of hydrogen-bond acceptors (Lipinski definition) is 8. The standard InChI is InChI=1S/C28H50N4O8S/c1-6-8-18-41(37,38)30-23(26(35)39-7-2)19-29-25(34)22-10-9-15-32(20-22)24(33)12-11-21-13-16-31(17-14-21)27(36)40-28(3,4)5/h21-23,30H,6-20H2,1-5H3,(H,29,34)/t22-,23?/m1/s1. The molecule has 236 valence electrons. The van der Waals surface area contributed by atoms with Crippen molar-refractivity contribution in [3.05, 3.63) is 0 Å². The second kappa shape index (κ2) is 16.3. The van der Waals surface area contributed by atoms with Crippen LogP contribution in [0, 0.1) is 11.8 Å². The van der Waals surface area contributed by atoms with Gasteiger partial charge < -0.3 is 24.6 Å². The highest BCUT2D eigenvalue weighted by atomic mass is 32.2. The minimum atomic E-state index is -3.71. The SMILES string of the molecule is CCCCS(=O)(=O)NC(CNC(=O)[C@@H]1CCCN(C(=O)CCC2CCN(C(=O)OC(C)(C)C)CC2)C1)C(=O)OCC. The fourth-order valence-electron chi connectivity index (χ4n) is 5.01. The van der Waals surface area contributed by atoms with Gasteiger partial charge >= 0.3 is 12.1 Å². The molecule has 2 aliphatic rings. The van der Waals surface area contributed by atoms with Crippen LogP contribution >= 0.6 is 0 Å². The van der Waals surface area contributed by atoms with Crippen LogP contribution in [-0.4, -0.2) is 98.8 Å². The van der Waals surface area contributed by atoms with Crippen molar-refractivity contribution in [3.8, 4) is 0 Å². The number of sulfonamides is 1. The topological polar surface area (TPSA) is 151 Å². The lowest BCUT2D eigenvalue weighted by atomic mass is 9.91. The number of hydrogen-bond donors (Lipinski definition) is 2. The number of rotatable bonds is 13. The van der Waals surface area contributed by atoms with Crippen molar-refractivity contribution in [2.75, 3.05) is 45.1 Å². The molecular weight excluding hydrogens is 552 g/mol. The zero-order valence-corrected chi connectivity index (χ0v) is 26.2. The van der Waals surface area contributed by atoms with Crippen LogP contribution in [0.4, 0.5) is 4.79 Å². The molecule has 2 aliphatic heterocycles. The first-order valence-corrected chi connectivity index (χ1v) is 16.6. The maximum absolute atomic E-state index is 13.0. The van der Waals surface area contributed by atoms with E-state index in [-0.39, 0.29) is 43.4 Å². The maximum Gasteiger partial charge on any atom is 0.410 e. The van der Waals surface area contributed by atoms with Gasteiger partial charge in [-0.15, -0.1) is 0 Å². The molecule has 2 fully saturated rings. The molecule has 0 saturated carbocycles. The first-order chi connectivity index (χ1) is 19.2. The second-order valence-corrected chi connectivity index (χ2v) is 13.8. The molecule has 0 aliphatic carbocycles. The average Bonchev–Trinajstić information content (AvgIpc) is 2.92. The van der Waals surface area contributed by atoms with E-state index in [0.717, 1.165) is 19.3 Å². The van der Waals surface area contributed by atoms with Gasteiger partial charge in [-0.25, -0.2) is 13.2 Å². The summed E-state index contributed by atoms with van der Waals surface area (Å²) in [4.78, 5) is 54.0. The normalized spacial score (nSPS) is 19.4. The van der Waals surface area contributed by atoms with Crippen molar-refractivity contribution in [1.29, 1.82) is 0 Å². The summed E-state index contributed by atoms with van der Waals surface area (Å²) < 4.78 is 37.5. The van der Waals surface area contributed by atoms with Gasteiger partial charge in [0.05, 0.1) is 18.3 Å². The summed E-state index contributed by atoms with van der Waals surface area (Å²) >= 11 is 0. The number of nitrogens with zero attached hydrogens (tertiary/aromatic N) is 2. The predicted molar refractivity (Wildman–Crippen MR) is 154 cm³/mol. The zero-order valence-electron chi connectivity index (χ0n) is 25.4. The molecule has 0 spiro atoms. The molecule has 12 nitrogen and oxygen atoms in total. The molecule has 13 heteroatoms. The summed E-state index contributed by atoms with van der Waals surface area (Å²) in [5.74, 6) is -1.27. The van der Waals surface area contributed by atoms with E-state index in [2.05, 4.69) is 10.0 Å². The molecule has 2 saturated heterocycles. The first kappa shape index (κ1) is 34.8. The van der Waals surface area contributed by atoms with Crippen LogP contribution < -0.4 is 10.0 Å². The van der Waals surface area contributed by atoms with Crippen molar-refractivity contribution in [1.82, 2.24) is 19.8 Å². The van der Waals surface area contributed by atoms with Crippen molar-refractivity contribution >= 4 is 33.9 Å². The fourth-order valence-corrected chi connectivity index (χ4v) is 6.41. The predicted octanol–water partition coefficient (Wildman–Crippen LogP) is 2.42. The summed E-state index contributed by atoms with van der Waals surface area (Å²) in [5.41, 5.74) is -0.530. The van der Waals surface area contributed by atoms with E-state index in [1.54, 1.807) is 16.7 Å². The van der Waals surface area contributed by atoms with Gasteiger partial charge in [-0.1, -0.05) is 13.3 Å². The largest absolute Gasteiger partial charge is 0.465 e. The van der Waals surface area contributed by atoms with Crippen LogP contribution in [0.5, 0.6) is 0 Å². The highest BCUT2D eigenvalue weighted by Gasteiger charge is 2.32. The summed E-state index contributed by atoms with van der Waals surface area (Å²) in [6.45, 7) is 11.0. The Labute approximate surface area is 245 Å². The summed E-state index contributed by atoms with van der Waals surface area (Å²) in [7, 11) is -3.71. The van der Waals surface area contributed by atoms with Gasteiger partial charge in [-0.2, -0.15) is 4.72 Å². The first-order valence-electron chi connectivity index (χ1n) is 14.9. The number of likely N-dealkylation sites (tertiary alicyclic amines) is 2. The van der Waals surface area contributed by atoms with E-state index < -0.39 is 33.6 Å². The molecule has 3 amide bonds. The van der Waals surface area contributed by atoms with E-state index in [1.165, 1.54) is 0 Å². The van der Waals surface area contributed by atoms with E-state index in [9.17, 15) is 27.6 Å². The summed E-state index contributed by atoms with van der Waals surface area (Å²) in [6.07, 6.45) is 4.88. The Kier molecular flexibility index (Phi) is 13.8. The van der Waals surface area contributed by atoms with Crippen LogP contribution in [0.1, 0.15) is 86.0 Å². The van der Waals surface area contributed by atoms with Crippen molar-refractivity contribution in [2.24, 2.45) is 11.8 Å². The molecule has 2 heterocycles. The van der Waals surface area contributed by atoms with Gasteiger partial charge in [-0.05, 0) is 72.1 Å². The van der Waals surface area contributed by atoms with E-state index in [0.29, 0.717) is 57.7 Å². The number of ether oxygens (including phenoxy) is 2. The molecule has 0 aromatic heterocycles. The average molecular weight is 603 g/mol. The number of unbranched alkanes of at least 4 members (excludes halogenated alkanes) is 1. The van der Waals surface area contributed by atoms with Crippen LogP contribution in [0.25, 0.3) is 0 Å². The molecule has 41 heavy (non-hydrogen) atoms. The summed E-state index contributed by atoms with van der Waals surface area (Å²) in [6, 6.07) is -1.22. The Hall–Kier alpha value is -2.41. The molecule has 2 atom stereocenters. The van der Waals surface area contributed by atoms with Gasteiger partial charge in [0.2, 0.25) is 21.8 Å². The van der Waals surface area contributed by atoms with Gasteiger partial charge in [0.25, 0.3) is 0 Å². The zero-order chi connectivity index (χ0) is 30.6. The number of amides is 3. The van der Waals surface area contributed by atoms with Crippen LogP contribution in [0.15, 0.2) is 0 Å². The molecule has 0 aromatic carbocycles. The third-order valence-corrected chi connectivity index (χ3v) is 8.79. The highest BCUT2D eigenvalue weighted by molar-refractivity contribution is 7.89. The van der Waals surface area contributed by atoms with E-state index >= 15 is 0 Å². The third kappa shape index (κ3) is 12.6. The fraction of sp³-hybridized carbons (Fsp3) is 0.857. The van der Waals surface area contributed by atoms with Crippen LogP contribution in [0.2, 0.25) is 0 Å². The van der Waals surface area contributed by atoms with Crippen molar-refractivity contribution in [2.45, 2.75) is 97.6 Å². The van der Waals surface area contributed by atoms with Gasteiger partial charge in [0, 0.05) is 39.1 Å². The molecule has 0 bridgehead atoms. The lowest BCUT2D eigenvalue weighted by Crippen LogP contribution is -2.52. The van der Waals surface area contributed by atoms with Crippen LogP contribution in [-0.2, 0) is 33.9 Å². The smallest absolute Gasteiger partial charge is 0.410 e. The lowest BCUT2D eigenvalue weighted by Gasteiger charge is -2.34. The van der Waals surface area contributed by atoms with Crippen molar-refractivity contribution in [3.63, 3.8) is 0 Å². The van der Waals surface area contributed by atoms with Gasteiger partial charge in [0.1, 0.15) is 11.6 Å². The monoisotopic (exact) mass is 602 g/mol. The quantitative estimate of drug-likeness (QED) is 0.305. The third-order valence-electron chi connectivity index (χ3n) is 7.32. The lowest BCUT2D eigenvalue weighted by molar-refractivity contribution is -0.145. The maximum atomic E-state index is 13.0. The van der Waals surface area contributed by atoms with Crippen molar-refractivity contribution < 1.29 is 37.1 Å². The van der Waals surface area contributed by atoms with Crippen LogP contribution in [0.3, 0.4) is 0 Å². The van der Waals surface area contributed by atoms with Gasteiger partial charge in [-0.3, -0.25) is 14.4 Å². The second-order valence-electron chi connectivity index (χ2n) is 12.0. The Morgan fingerprint density at radius 3 is 2.29 bits per heavy atom. The molecule has 0 radical (unpaired) electrons.